The molecule has 1 atom stereocenters. The van der Waals surface area contributed by atoms with Gasteiger partial charge in [0.15, 0.2) is 0 Å². The predicted molar refractivity (Wildman–Crippen MR) is 54.1 cm³/mol. The number of hydrogen-bond acceptors (Lipinski definition) is 2. The number of hydrogen-bond donors (Lipinski definition) is 1. The molecule has 0 aromatic heterocycles. The van der Waals surface area contributed by atoms with Crippen LogP contribution in [0.3, 0.4) is 0 Å². The quantitative estimate of drug-likeness (QED) is 0.696. The van der Waals surface area contributed by atoms with Crippen molar-refractivity contribution in [2.75, 3.05) is 0 Å². The summed E-state index contributed by atoms with van der Waals surface area (Å²) in [5, 5.41) is 0. The molecule has 1 unspecified atom stereocenters. The maximum Gasteiger partial charge on any atom is 0.146 e. The van der Waals surface area contributed by atoms with Crippen molar-refractivity contribution in [1.82, 2.24) is 0 Å². The smallest absolute Gasteiger partial charge is 0.146 e. The van der Waals surface area contributed by atoms with E-state index >= 15 is 0 Å². The summed E-state index contributed by atoms with van der Waals surface area (Å²) in [6, 6.07) is -0.278. The fourth-order valence-corrected chi connectivity index (χ4v) is 0.803. The highest BCUT2D eigenvalue weighted by Crippen LogP contribution is 2.19. The molecule has 0 amide bonds. The zero-order chi connectivity index (χ0) is 10.4. The molecule has 0 saturated carbocycles. The third-order valence-electron chi connectivity index (χ3n) is 1.35. The van der Waals surface area contributed by atoms with Crippen LogP contribution in [0.5, 0.6) is 0 Å². The molecule has 0 heterocycles. The molecule has 0 aliphatic carbocycles. The number of nitrogens with two attached hydrogens (primary N) is 1. The molecule has 0 aromatic carbocycles. The molecule has 2 N–H and O–H groups in total. The highest BCUT2D eigenvalue weighted by atomic mass is 16.1. The Kier molecular flexibility index (Phi) is 7.30. The summed E-state index contributed by atoms with van der Waals surface area (Å²) >= 11 is 0. The molecule has 0 spiro atoms. The van der Waals surface area contributed by atoms with Crippen LogP contribution in [0.1, 0.15) is 48.0 Å². The van der Waals surface area contributed by atoms with E-state index in [4.69, 9.17) is 5.73 Å². The second-order valence-corrected chi connectivity index (χ2v) is 3.98. The van der Waals surface area contributed by atoms with Gasteiger partial charge < -0.3 is 5.73 Å². The van der Waals surface area contributed by atoms with E-state index in [0.29, 0.717) is 0 Å². The van der Waals surface area contributed by atoms with E-state index in [-0.39, 0.29) is 17.2 Å². The van der Waals surface area contributed by atoms with E-state index in [1.54, 1.807) is 0 Å². The van der Waals surface area contributed by atoms with Crippen LogP contribution in [-0.4, -0.2) is 11.8 Å². The van der Waals surface area contributed by atoms with Crippen LogP contribution in [0, 0.1) is 5.41 Å². The van der Waals surface area contributed by atoms with Gasteiger partial charge in [0.1, 0.15) is 5.78 Å². The van der Waals surface area contributed by atoms with Gasteiger partial charge in [0, 0.05) is 0 Å². The molecule has 74 valence electrons. The Balaban J connectivity index is 0. The molecule has 12 heavy (non-hydrogen) atoms. The van der Waals surface area contributed by atoms with Crippen LogP contribution in [0.2, 0.25) is 0 Å². The number of carbonyl (C=O) groups is 1. The van der Waals surface area contributed by atoms with Gasteiger partial charge in [0.25, 0.3) is 0 Å². The van der Waals surface area contributed by atoms with Crippen LogP contribution in [0.15, 0.2) is 0 Å². The van der Waals surface area contributed by atoms with E-state index in [2.05, 4.69) is 20.8 Å². The molecule has 0 aromatic rings. The van der Waals surface area contributed by atoms with Gasteiger partial charge in [-0.15, -0.1) is 0 Å². The fraction of sp³-hybridized carbons (Fsp3) is 0.900. The monoisotopic (exact) mass is 173 g/mol. The first-order valence-electron chi connectivity index (χ1n) is 4.59. The highest BCUT2D eigenvalue weighted by Gasteiger charge is 2.17. The lowest BCUT2D eigenvalue weighted by atomic mass is 9.87. The molecule has 0 radical (unpaired) electrons. The number of rotatable bonds is 2. The van der Waals surface area contributed by atoms with Crippen molar-refractivity contribution in [3.05, 3.63) is 0 Å². The second kappa shape index (κ2) is 6.18. The van der Waals surface area contributed by atoms with Crippen molar-refractivity contribution in [2.24, 2.45) is 11.1 Å². The van der Waals surface area contributed by atoms with E-state index in [0.717, 1.165) is 6.42 Å². The Morgan fingerprint density at radius 2 is 1.67 bits per heavy atom. The summed E-state index contributed by atoms with van der Waals surface area (Å²) in [6.45, 7) is 11.8. The Labute approximate surface area is 76.5 Å². The first kappa shape index (κ1) is 14.2. The van der Waals surface area contributed by atoms with Crippen LogP contribution in [0.4, 0.5) is 0 Å². The zero-order valence-corrected chi connectivity index (χ0v) is 9.27. The normalized spacial score (nSPS) is 12.9. The van der Waals surface area contributed by atoms with E-state index in [1.165, 1.54) is 6.92 Å². The highest BCUT2D eigenvalue weighted by molar-refractivity contribution is 5.81. The summed E-state index contributed by atoms with van der Waals surface area (Å²) in [4.78, 5) is 10.7. The summed E-state index contributed by atoms with van der Waals surface area (Å²) in [5.74, 6) is 0.0786. The number of ketones is 1. The fourth-order valence-electron chi connectivity index (χ4n) is 0.803. The van der Waals surface area contributed by atoms with Crippen LogP contribution in [-0.2, 0) is 4.79 Å². The molecule has 0 rings (SSSR count). The molecule has 0 fully saturated rings. The Bertz CT molecular complexity index is 124. The lowest BCUT2D eigenvalue weighted by Crippen LogP contribution is -2.32. The van der Waals surface area contributed by atoms with Crippen LogP contribution >= 0.6 is 0 Å². The Morgan fingerprint density at radius 1 is 1.33 bits per heavy atom. The first-order valence-corrected chi connectivity index (χ1v) is 4.59. The zero-order valence-electron chi connectivity index (χ0n) is 9.27. The third kappa shape index (κ3) is 9.63. The predicted octanol–water partition coefficient (Wildman–Crippen LogP) is 2.37. The van der Waals surface area contributed by atoms with Gasteiger partial charge in [-0.25, -0.2) is 0 Å². The Morgan fingerprint density at radius 3 is 1.75 bits per heavy atom. The summed E-state index contributed by atoms with van der Waals surface area (Å²) in [5.41, 5.74) is 5.71. The second-order valence-electron chi connectivity index (χ2n) is 3.98. The SMILES string of the molecule is CC.CC(=O)C(N)CC(C)(C)C. The minimum Gasteiger partial charge on any atom is -0.322 e. The molecule has 2 nitrogen and oxygen atoms in total. The molecular weight excluding hydrogens is 150 g/mol. The van der Waals surface area contributed by atoms with Crippen molar-refractivity contribution in [1.29, 1.82) is 0 Å². The van der Waals surface area contributed by atoms with Gasteiger partial charge in [-0.1, -0.05) is 34.6 Å². The van der Waals surface area contributed by atoms with Crippen molar-refractivity contribution in [2.45, 2.75) is 54.0 Å². The first-order chi connectivity index (χ1) is 5.33. The molecule has 0 bridgehead atoms. The summed E-state index contributed by atoms with van der Waals surface area (Å²) in [7, 11) is 0. The van der Waals surface area contributed by atoms with Crippen molar-refractivity contribution >= 4 is 5.78 Å². The van der Waals surface area contributed by atoms with Crippen LogP contribution < -0.4 is 5.73 Å². The molecular formula is C10H23NO. The van der Waals surface area contributed by atoms with E-state index in [1.807, 2.05) is 13.8 Å². The van der Waals surface area contributed by atoms with Crippen molar-refractivity contribution in [3.8, 4) is 0 Å². The maximum absolute atomic E-state index is 10.7. The molecule has 2 heteroatoms. The van der Waals surface area contributed by atoms with E-state index in [9.17, 15) is 4.79 Å². The topological polar surface area (TPSA) is 43.1 Å². The van der Waals surface area contributed by atoms with E-state index < -0.39 is 0 Å². The molecule has 0 saturated heterocycles. The third-order valence-corrected chi connectivity index (χ3v) is 1.35. The lowest BCUT2D eigenvalue weighted by Gasteiger charge is -2.21. The maximum atomic E-state index is 10.7. The summed E-state index contributed by atoms with van der Waals surface area (Å²) in [6.07, 6.45) is 0.766. The van der Waals surface area contributed by atoms with Crippen molar-refractivity contribution in [3.63, 3.8) is 0 Å². The average Bonchev–Trinajstić information content (AvgIpc) is 1.88. The van der Waals surface area contributed by atoms with Crippen molar-refractivity contribution < 1.29 is 4.79 Å². The molecule has 0 aliphatic heterocycles. The lowest BCUT2D eigenvalue weighted by molar-refractivity contribution is -0.118. The number of carbonyl (C=O) groups excluding carboxylic acids is 1. The van der Waals surface area contributed by atoms with Gasteiger partial charge in [-0.2, -0.15) is 0 Å². The molecule has 0 aliphatic rings. The van der Waals surface area contributed by atoms with Gasteiger partial charge >= 0.3 is 0 Å². The van der Waals surface area contributed by atoms with Gasteiger partial charge in [0.05, 0.1) is 6.04 Å². The van der Waals surface area contributed by atoms with Crippen LogP contribution in [0.25, 0.3) is 0 Å². The minimum atomic E-state index is -0.278. The average molecular weight is 173 g/mol. The Hall–Kier alpha value is -0.370. The number of Topliss-reactive ketones (excluding diaryl/α,β-unsaturated/α-hetero) is 1. The van der Waals surface area contributed by atoms with Gasteiger partial charge in [-0.05, 0) is 18.8 Å². The minimum absolute atomic E-state index is 0.0786. The summed E-state index contributed by atoms with van der Waals surface area (Å²) < 4.78 is 0. The van der Waals surface area contributed by atoms with Gasteiger partial charge in [-0.3, -0.25) is 4.79 Å². The standard InChI is InChI=1S/C8H17NO.C2H6/c1-6(10)7(9)5-8(2,3)4;1-2/h7H,5,9H2,1-4H3;1-2H3. The van der Waals surface area contributed by atoms with Gasteiger partial charge in [0.2, 0.25) is 0 Å². The largest absolute Gasteiger partial charge is 0.322 e.